The second-order valence-corrected chi connectivity index (χ2v) is 6.65. The monoisotopic (exact) mass is 370 g/mol. The average Bonchev–Trinajstić information content (AvgIpc) is 2.70. The van der Waals surface area contributed by atoms with Gasteiger partial charge in [0.15, 0.2) is 11.5 Å². The van der Waals surface area contributed by atoms with Crippen molar-refractivity contribution in [2.75, 3.05) is 26.4 Å². The normalized spacial score (nSPS) is 10.5. The molecular weight excluding hydrogens is 340 g/mol. The van der Waals surface area contributed by atoms with E-state index in [1.165, 1.54) is 12.8 Å². The van der Waals surface area contributed by atoms with Gasteiger partial charge in [-0.1, -0.05) is 56.5 Å². The minimum Gasteiger partial charge on any atom is -0.493 e. The molecule has 0 fully saturated rings. The Bertz CT molecular complexity index is 732. The number of carbonyl (C=O) groups is 1. The van der Waals surface area contributed by atoms with Gasteiger partial charge in [0, 0.05) is 25.3 Å². The lowest BCUT2D eigenvalue weighted by atomic mass is 10.1. The molecule has 2 rings (SSSR count). The molecule has 0 heterocycles. The van der Waals surface area contributed by atoms with Crippen LogP contribution in [-0.2, 0) is 6.61 Å². The van der Waals surface area contributed by atoms with Gasteiger partial charge in [0.2, 0.25) is 0 Å². The van der Waals surface area contributed by atoms with Crippen molar-refractivity contribution < 1.29 is 14.3 Å². The molecule has 5 heteroatoms. The van der Waals surface area contributed by atoms with Crippen LogP contribution < -0.4 is 15.2 Å². The minimum atomic E-state index is -0.101. The van der Waals surface area contributed by atoms with Gasteiger partial charge in [0.05, 0.1) is 12.7 Å². The number of carbonyl (C=O) groups excluding carboxylic acids is 1. The van der Waals surface area contributed by atoms with Crippen molar-refractivity contribution in [1.29, 1.82) is 0 Å². The van der Waals surface area contributed by atoms with E-state index in [2.05, 4.69) is 6.92 Å². The first-order chi connectivity index (χ1) is 13.1. The summed E-state index contributed by atoms with van der Waals surface area (Å²) in [5, 5.41) is 0. The van der Waals surface area contributed by atoms with Gasteiger partial charge in [-0.05, 0) is 18.1 Å². The number of nitrogens with zero attached hydrogens (tertiary/aromatic N) is 1. The summed E-state index contributed by atoms with van der Waals surface area (Å²) in [5.41, 5.74) is 7.98. The fourth-order valence-electron chi connectivity index (χ4n) is 2.85. The van der Waals surface area contributed by atoms with E-state index in [-0.39, 0.29) is 5.91 Å². The topological polar surface area (TPSA) is 64.8 Å². The number of benzene rings is 2. The van der Waals surface area contributed by atoms with Crippen molar-refractivity contribution in [3.63, 3.8) is 0 Å². The average molecular weight is 370 g/mol. The summed E-state index contributed by atoms with van der Waals surface area (Å²) >= 11 is 0. The van der Waals surface area contributed by atoms with Crippen molar-refractivity contribution in [3.8, 4) is 11.5 Å². The van der Waals surface area contributed by atoms with Gasteiger partial charge >= 0.3 is 0 Å². The first-order valence-electron chi connectivity index (χ1n) is 9.46. The van der Waals surface area contributed by atoms with Gasteiger partial charge in [-0.15, -0.1) is 0 Å². The van der Waals surface area contributed by atoms with Gasteiger partial charge < -0.3 is 20.1 Å². The number of unbranched alkanes of at least 4 members (excludes halogenated alkanes) is 3. The van der Waals surface area contributed by atoms with Crippen LogP contribution >= 0.6 is 0 Å². The molecule has 5 nitrogen and oxygen atoms in total. The molecule has 0 aliphatic rings. The molecule has 0 spiro atoms. The molecule has 1 amide bonds. The zero-order valence-electron chi connectivity index (χ0n) is 16.5. The van der Waals surface area contributed by atoms with E-state index in [0.29, 0.717) is 35.9 Å². The highest BCUT2D eigenvalue weighted by Gasteiger charge is 2.18. The third kappa shape index (κ3) is 5.91. The van der Waals surface area contributed by atoms with E-state index >= 15 is 0 Å². The number of methoxy groups -OCH3 is 1. The molecule has 0 aromatic heterocycles. The second-order valence-electron chi connectivity index (χ2n) is 6.65. The van der Waals surface area contributed by atoms with E-state index in [0.717, 1.165) is 18.4 Å². The van der Waals surface area contributed by atoms with E-state index in [1.54, 1.807) is 24.1 Å². The number of anilines is 1. The first-order valence-corrected chi connectivity index (χ1v) is 9.46. The molecule has 0 atom stereocenters. The largest absolute Gasteiger partial charge is 0.493 e. The fraction of sp³-hybridized carbons (Fsp3) is 0.409. The fourth-order valence-corrected chi connectivity index (χ4v) is 2.85. The molecule has 0 bridgehead atoms. The van der Waals surface area contributed by atoms with Crippen LogP contribution in [0.2, 0.25) is 0 Å². The molecule has 0 aliphatic carbocycles. The van der Waals surface area contributed by atoms with E-state index < -0.39 is 0 Å². The summed E-state index contributed by atoms with van der Waals surface area (Å²) in [6.45, 7) is 3.27. The molecule has 0 radical (unpaired) electrons. The number of amides is 1. The SMILES string of the molecule is CCCCCCN(C)C(=O)c1cc(OCc2ccccc2)c(OC)cc1N. The summed E-state index contributed by atoms with van der Waals surface area (Å²) in [5.74, 6) is 0.931. The number of ether oxygens (including phenoxy) is 2. The molecule has 2 N–H and O–H groups in total. The maximum Gasteiger partial charge on any atom is 0.255 e. The summed E-state index contributed by atoms with van der Waals surface area (Å²) in [6, 6.07) is 13.2. The number of nitrogen functional groups attached to an aromatic ring is 1. The van der Waals surface area contributed by atoms with Crippen LogP contribution in [0.25, 0.3) is 0 Å². The second kappa shape index (κ2) is 10.5. The van der Waals surface area contributed by atoms with Crippen molar-refractivity contribution >= 4 is 11.6 Å². The number of hydrogen-bond acceptors (Lipinski definition) is 4. The molecular formula is C22H30N2O3. The third-order valence-electron chi connectivity index (χ3n) is 4.50. The maximum absolute atomic E-state index is 12.8. The van der Waals surface area contributed by atoms with Crippen molar-refractivity contribution in [2.45, 2.75) is 39.2 Å². The Kier molecular flexibility index (Phi) is 7.99. The van der Waals surface area contributed by atoms with E-state index in [1.807, 2.05) is 37.4 Å². The van der Waals surface area contributed by atoms with Crippen LogP contribution in [0.3, 0.4) is 0 Å². The van der Waals surface area contributed by atoms with Gasteiger partial charge in [0.25, 0.3) is 5.91 Å². The lowest BCUT2D eigenvalue weighted by molar-refractivity contribution is 0.0793. The van der Waals surface area contributed by atoms with Crippen LogP contribution in [-0.4, -0.2) is 31.5 Å². The predicted octanol–water partition coefficient (Wildman–Crippen LogP) is 4.51. The number of rotatable bonds is 10. The molecule has 0 unspecified atom stereocenters. The molecule has 2 aromatic carbocycles. The van der Waals surface area contributed by atoms with Crippen LogP contribution in [0.5, 0.6) is 11.5 Å². The van der Waals surface area contributed by atoms with Gasteiger partial charge in [0.1, 0.15) is 6.61 Å². The Morgan fingerprint density at radius 3 is 2.48 bits per heavy atom. The Hall–Kier alpha value is -2.69. The summed E-state index contributed by atoms with van der Waals surface area (Å²) < 4.78 is 11.3. The minimum absolute atomic E-state index is 0.101. The highest BCUT2D eigenvalue weighted by molar-refractivity contribution is 5.99. The highest BCUT2D eigenvalue weighted by Crippen LogP contribution is 2.33. The van der Waals surface area contributed by atoms with E-state index in [9.17, 15) is 4.79 Å². The maximum atomic E-state index is 12.8. The first kappa shape index (κ1) is 20.6. The standard InChI is InChI=1S/C22H30N2O3/c1-4-5-6-10-13-24(2)22(25)18-14-21(20(26-3)15-19(18)23)27-16-17-11-8-7-9-12-17/h7-9,11-12,14-15H,4-6,10,13,16,23H2,1-3H3. The molecule has 0 saturated heterocycles. The Morgan fingerprint density at radius 1 is 1.07 bits per heavy atom. The van der Waals surface area contributed by atoms with E-state index in [4.69, 9.17) is 15.2 Å². The smallest absolute Gasteiger partial charge is 0.255 e. The molecule has 0 saturated carbocycles. The lowest BCUT2D eigenvalue weighted by Crippen LogP contribution is -2.28. The Balaban J connectivity index is 2.12. The summed E-state index contributed by atoms with van der Waals surface area (Å²) in [6.07, 6.45) is 4.47. The molecule has 2 aromatic rings. The number of hydrogen-bond donors (Lipinski definition) is 1. The van der Waals surface area contributed by atoms with Gasteiger partial charge in [-0.2, -0.15) is 0 Å². The van der Waals surface area contributed by atoms with Crippen LogP contribution in [0, 0.1) is 0 Å². The molecule has 0 aliphatic heterocycles. The highest BCUT2D eigenvalue weighted by atomic mass is 16.5. The lowest BCUT2D eigenvalue weighted by Gasteiger charge is -2.20. The summed E-state index contributed by atoms with van der Waals surface area (Å²) in [7, 11) is 3.37. The van der Waals surface area contributed by atoms with Crippen molar-refractivity contribution in [2.24, 2.45) is 0 Å². The van der Waals surface area contributed by atoms with Crippen LogP contribution in [0.1, 0.15) is 48.5 Å². The van der Waals surface area contributed by atoms with Crippen molar-refractivity contribution in [1.82, 2.24) is 4.90 Å². The van der Waals surface area contributed by atoms with Gasteiger partial charge in [-0.25, -0.2) is 0 Å². The molecule has 27 heavy (non-hydrogen) atoms. The van der Waals surface area contributed by atoms with Crippen LogP contribution in [0.4, 0.5) is 5.69 Å². The zero-order chi connectivity index (χ0) is 19.6. The Morgan fingerprint density at radius 2 is 1.81 bits per heavy atom. The van der Waals surface area contributed by atoms with Crippen molar-refractivity contribution in [3.05, 3.63) is 53.6 Å². The Labute approximate surface area is 162 Å². The zero-order valence-corrected chi connectivity index (χ0v) is 16.5. The quantitative estimate of drug-likeness (QED) is 0.494. The third-order valence-corrected chi connectivity index (χ3v) is 4.50. The predicted molar refractivity (Wildman–Crippen MR) is 109 cm³/mol. The summed E-state index contributed by atoms with van der Waals surface area (Å²) in [4.78, 5) is 14.5. The van der Waals surface area contributed by atoms with Gasteiger partial charge in [-0.3, -0.25) is 4.79 Å². The number of nitrogens with two attached hydrogens (primary N) is 1. The van der Waals surface area contributed by atoms with Crippen LogP contribution in [0.15, 0.2) is 42.5 Å². The molecule has 146 valence electrons.